The number of imidazole rings is 1. The lowest BCUT2D eigenvalue weighted by molar-refractivity contribution is -0.118. The molecule has 7 nitrogen and oxygen atoms in total. The summed E-state index contributed by atoms with van der Waals surface area (Å²) in [4.78, 5) is 27.7. The van der Waals surface area contributed by atoms with Gasteiger partial charge in [-0.15, -0.1) is 0 Å². The van der Waals surface area contributed by atoms with Crippen LogP contribution in [0.4, 0.5) is 0 Å². The standard InChI is InChI=1S/C19H18N4O3S/c1-2-23-16-10-6-5-9-15(16)21-19(23)27-12-17(24)22-20-11-13-7-3-4-8-14(13)18(25)26/h3-11H,2,12H2,1H3,(H,22,24)(H,25,26). The fourth-order valence-corrected chi connectivity index (χ4v) is 3.48. The maximum Gasteiger partial charge on any atom is 0.336 e. The third-order valence-corrected chi connectivity index (χ3v) is 4.83. The number of nitrogens with zero attached hydrogens (tertiary/aromatic N) is 3. The summed E-state index contributed by atoms with van der Waals surface area (Å²) in [6.45, 7) is 2.79. The number of hydrazone groups is 1. The molecule has 1 aromatic heterocycles. The number of carbonyl (C=O) groups is 2. The Labute approximate surface area is 160 Å². The number of aromatic carboxylic acids is 1. The number of carboxylic acid groups (broad SMARTS) is 1. The fourth-order valence-electron chi connectivity index (χ4n) is 2.61. The molecule has 0 spiro atoms. The monoisotopic (exact) mass is 382 g/mol. The molecule has 0 fully saturated rings. The van der Waals surface area contributed by atoms with Crippen LogP contribution in [0.1, 0.15) is 22.8 Å². The SMILES string of the molecule is CCn1c(SCC(=O)NN=Cc2ccccc2C(=O)O)nc2ccccc21. The molecule has 0 unspecified atom stereocenters. The lowest BCUT2D eigenvalue weighted by Crippen LogP contribution is -2.20. The zero-order valence-corrected chi connectivity index (χ0v) is 15.4. The Bertz CT molecular complexity index is 1010. The van der Waals surface area contributed by atoms with Crippen molar-refractivity contribution < 1.29 is 14.7 Å². The first-order chi connectivity index (χ1) is 13.1. The van der Waals surface area contributed by atoms with E-state index in [1.165, 1.54) is 24.0 Å². The van der Waals surface area contributed by atoms with E-state index in [0.717, 1.165) is 22.7 Å². The minimum absolute atomic E-state index is 0.126. The van der Waals surface area contributed by atoms with E-state index in [9.17, 15) is 9.59 Å². The highest BCUT2D eigenvalue weighted by Crippen LogP contribution is 2.23. The molecule has 0 saturated carbocycles. The van der Waals surface area contributed by atoms with E-state index in [2.05, 4.69) is 20.1 Å². The summed E-state index contributed by atoms with van der Waals surface area (Å²) in [6.07, 6.45) is 1.33. The van der Waals surface area contributed by atoms with Crippen molar-refractivity contribution in [3.05, 3.63) is 59.7 Å². The largest absolute Gasteiger partial charge is 0.478 e. The number of amides is 1. The molecule has 0 saturated heterocycles. The first-order valence-electron chi connectivity index (χ1n) is 8.32. The van der Waals surface area contributed by atoms with Crippen molar-refractivity contribution >= 4 is 40.9 Å². The highest BCUT2D eigenvalue weighted by atomic mass is 32.2. The number of carbonyl (C=O) groups excluding carboxylic acids is 1. The van der Waals surface area contributed by atoms with E-state index >= 15 is 0 Å². The van der Waals surface area contributed by atoms with Crippen LogP contribution in [0.25, 0.3) is 11.0 Å². The number of para-hydroxylation sites is 2. The Hall–Kier alpha value is -3.13. The van der Waals surface area contributed by atoms with Gasteiger partial charge in [0.25, 0.3) is 5.91 Å². The van der Waals surface area contributed by atoms with Crippen LogP contribution >= 0.6 is 11.8 Å². The molecule has 0 bridgehead atoms. The molecule has 0 radical (unpaired) electrons. The van der Waals surface area contributed by atoms with Gasteiger partial charge in [-0.1, -0.05) is 42.1 Å². The number of hydrogen-bond donors (Lipinski definition) is 2. The second kappa shape index (κ2) is 8.50. The van der Waals surface area contributed by atoms with E-state index in [1.54, 1.807) is 18.2 Å². The fraction of sp³-hybridized carbons (Fsp3) is 0.158. The minimum Gasteiger partial charge on any atom is -0.478 e. The lowest BCUT2D eigenvalue weighted by atomic mass is 10.1. The van der Waals surface area contributed by atoms with Gasteiger partial charge in [-0.2, -0.15) is 5.10 Å². The van der Waals surface area contributed by atoms with Crippen LogP contribution in [0, 0.1) is 0 Å². The first kappa shape index (κ1) is 18.7. The predicted octanol–water partition coefficient (Wildman–Crippen LogP) is 3.00. The van der Waals surface area contributed by atoms with Gasteiger partial charge in [-0.05, 0) is 25.1 Å². The Balaban J connectivity index is 1.62. The van der Waals surface area contributed by atoms with Gasteiger partial charge in [0.2, 0.25) is 0 Å². The lowest BCUT2D eigenvalue weighted by Gasteiger charge is -2.05. The molecule has 0 aliphatic heterocycles. The van der Waals surface area contributed by atoms with E-state index in [4.69, 9.17) is 5.11 Å². The van der Waals surface area contributed by atoms with E-state index in [-0.39, 0.29) is 17.2 Å². The zero-order chi connectivity index (χ0) is 19.2. The van der Waals surface area contributed by atoms with E-state index < -0.39 is 5.97 Å². The Morgan fingerprint density at radius 2 is 1.96 bits per heavy atom. The smallest absolute Gasteiger partial charge is 0.336 e. The Kier molecular flexibility index (Phi) is 5.87. The molecule has 0 aliphatic carbocycles. The van der Waals surface area contributed by atoms with E-state index in [0.29, 0.717) is 5.56 Å². The normalized spacial score (nSPS) is 11.1. The quantitative estimate of drug-likeness (QED) is 0.372. The van der Waals surface area contributed by atoms with Crippen LogP contribution in [-0.4, -0.2) is 38.5 Å². The third-order valence-electron chi connectivity index (χ3n) is 3.85. The molecule has 3 aromatic rings. The molecule has 0 atom stereocenters. The van der Waals surface area contributed by atoms with Crippen LogP contribution in [0.15, 0.2) is 58.8 Å². The molecule has 8 heteroatoms. The number of aromatic nitrogens is 2. The summed E-state index contributed by atoms with van der Waals surface area (Å²) in [7, 11) is 0. The molecule has 138 valence electrons. The van der Waals surface area contributed by atoms with Crippen molar-refractivity contribution in [3.63, 3.8) is 0 Å². The Morgan fingerprint density at radius 3 is 2.74 bits per heavy atom. The summed E-state index contributed by atoms with van der Waals surface area (Å²) in [5.41, 5.74) is 4.89. The van der Waals surface area contributed by atoms with Crippen molar-refractivity contribution in [3.8, 4) is 0 Å². The van der Waals surface area contributed by atoms with Crippen molar-refractivity contribution in [1.29, 1.82) is 0 Å². The predicted molar refractivity (Wildman–Crippen MR) is 105 cm³/mol. The molecule has 3 rings (SSSR count). The van der Waals surface area contributed by atoms with Gasteiger partial charge >= 0.3 is 5.97 Å². The van der Waals surface area contributed by atoms with Gasteiger partial charge in [0.1, 0.15) is 0 Å². The molecule has 2 N–H and O–H groups in total. The second-order valence-corrected chi connectivity index (χ2v) is 6.54. The molecule has 1 heterocycles. The number of carboxylic acids is 1. The number of rotatable bonds is 7. The van der Waals surface area contributed by atoms with Crippen molar-refractivity contribution in [1.82, 2.24) is 15.0 Å². The van der Waals surface area contributed by atoms with Gasteiger partial charge < -0.3 is 9.67 Å². The zero-order valence-electron chi connectivity index (χ0n) is 14.6. The average molecular weight is 382 g/mol. The summed E-state index contributed by atoms with van der Waals surface area (Å²) < 4.78 is 2.06. The van der Waals surface area contributed by atoms with Gasteiger partial charge in [0.15, 0.2) is 5.16 Å². The van der Waals surface area contributed by atoms with Crippen molar-refractivity contribution in [2.24, 2.45) is 5.10 Å². The highest BCUT2D eigenvalue weighted by molar-refractivity contribution is 7.99. The molecule has 0 aliphatic rings. The second-order valence-electron chi connectivity index (χ2n) is 5.60. The maximum atomic E-state index is 12.0. The first-order valence-corrected chi connectivity index (χ1v) is 9.31. The van der Waals surface area contributed by atoms with Gasteiger partial charge in [-0.3, -0.25) is 4.79 Å². The highest BCUT2D eigenvalue weighted by Gasteiger charge is 2.11. The molecule has 27 heavy (non-hydrogen) atoms. The van der Waals surface area contributed by atoms with Crippen LogP contribution < -0.4 is 5.43 Å². The van der Waals surface area contributed by atoms with Gasteiger partial charge in [-0.25, -0.2) is 15.2 Å². The number of hydrogen-bond acceptors (Lipinski definition) is 5. The summed E-state index contributed by atoms with van der Waals surface area (Å²) >= 11 is 1.33. The topological polar surface area (TPSA) is 96.6 Å². The van der Waals surface area contributed by atoms with Gasteiger partial charge in [0.05, 0.1) is 28.6 Å². The third kappa shape index (κ3) is 4.35. The summed E-state index contributed by atoms with van der Waals surface area (Å²) in [5, 5.41) is 13.8. The van der Waals surface area contributed by atoms with Crippen LogP contribution in [-0.2, 0) is 11.3 Å². The van der Waals surface area contributed by atoms with Crippen LogP contribution in [0.5, 0.6) is 0 Å². The van der Waals surface area contributed by atoms with Gasteiger partial charge in [0, 0.05) is 12.1 Å². The molecule has 1 amide bonds. The Morgan fingerprint density at radius 1 is 1.22 bits per heavy atom. The van der Waals surface area contributed by atoms with Crippen molar-refractivity contribution in [2.75, 3.05) is 5.75 Å². The number of nitrogens with one attached hydrogen (secondary N) is 1. The minimum atomic E-state index is -1.04. The average Bonchev–Trinajstić information content (AvgIpc) is 3.04. The maximum absolute atomic E-state index is 12.0. The number of benzene rings is 2. The number of aryl methyl sites for hydroxylation is 1. The molecule has 2 aromatic carbocycles. The summed E-state index contributed by atoms with van der Waals surface area (Å²) in [5.74, 6) is -1.18. The van der Waals surface area contributed by atoms with Crippen LogP contribution in [0.2, 0.25) is 0 Å². The summed E-state index contributed by atoms with van der Waals surface area (Å²) in [6, 6.07) is 14.3. The molecular formula is C19H18N4O3S. The molecular weight excluding hydrogens is 364 g/mol. The van der Waals surface area contributed by atoms with Crippen molar-refractivity contribution in [2.45, 2.75) is 18.6 Å². The van der Waals surface area contributed by atoms with Crippen LogP contribution in [0.3, 0.4) is 0 Å². The van der Waals surface area contributed by atoms with E-state index in [1.807, 2.05) is 31.2 Å². The number of thioether (sulfide) groups is 1. The number of fused-ring (bicyclic) bond motifs is 1.